The normalized spacial score (nSPS) is 11.0. The van der Waals surface area contributed by atoms with Crippen molar-refractivity contribution in [3.63, 3.8) is 0 Å². The van der Waals surface area contributed by atoms with E-state index in [4.69, 9.17) is 4.74 Å². The van der Waals surface area contributed by atoms with Crippen LogP contribution in [0.15, 0.2) is 36.5 Å². The van der Waals surface area contributed by atoms with Crippen LogP contribution in [0.2, 0.25) is 0 Å². The number of benzene rings is 1. The van der Waals surface area contributed by atoms with Crippen LogP contribution in [-0.2, 0) is 9.53 Å². The van der Waals surface area contributed by atoms with Crippen molar-refractivity contribution in [1.29, 1.82) is 0 Å². The molecule has 2 rings (SSSR count). The lowest BCUT2D eigenvalue weighted by atomic mass is 10.1. The molecule has 0 fully saturated rings. The molecule has 0 radical (unpaired) electrons. The molecule has 0 bridgehead atoms. The number of fused-ring (bicyclic) bond motifs is 1. The smallest absolute Gasteiger partial charge is 0.330 e. The molecule has 0 aliphatic heterocycles. The lowest BCUT2D eigenvalue weighted by Gasteiger charge is -2.02. The average molecular weight is 241 g/mol. The van der Waals surface area contributed by atoms with Crippen LogP contribution in [0.25, 0.3) is 17.0 Å². The van der Waals surface area contributed by atoms with E-state index in [1.807, 2.05) is 31.2 Å². The molecule has 0 N–H and O–H groups in total. The van der Waals surface area contributed by atoms with Gasteiger partial charge in [-0.05, 0) is 49.2 Å². The highest BCUT2D eigenvalue weighted by Crippen LogP contribution is 2.18. The van der Waals surface area contributed by atoms with Crippen LogP contribution in [0.3, 0.4) is 0 Å². The molecule has 18 heavy (non-hydrogen) atoms. The number of nitrogens with zero attached hydrogens (tertiary/aromatic N) is 1. The minimum Gasteiger partial charge on any atom is -0.463 e. The first-order valence-corrected chi connectivity index (χ1v) is 5.91. The van der Waals surface area contributed by atoms with Gasteiger partial charge in [0.05, 0.1) is 12.1 Å². The summed E-state index contributed by atoms with van der Waals surface area (Å²) in [5.41, 5.74) is 3.10. The molecule has 0 atom stereocenters. The van der Waals surface area contributed by atoms with Crippen molar-refractivity contribution < 1.29 is 9.53 Å². The number of esters is 1. The first-order valence-electron chi connectivity index (χ1n) is 5.91. The van der Waals surface area contributed by atoms with E-state index in [9.17, 15) is 4.79 Å². The van der Waals surface area contributed by atoms with E-state index >= 15 is 0 Å². The number of ether oxygens (including phenoxy) is 1. The number of carbonyl (C=O) groups is 1. The van der Waals surface area contributed by atoms with Crippen molar-refractivity contribution >= 4 is 22.9 Å². The Kier molecular flexibility index (Phi) is 3.72. The third kappa shape index (κ3) is 2.74. The minimum absolute atomic E-state index is 0.319. The summed E-state index contributed by atoms with van der Waals surface area (Å²) < 4.78 is 4.84. The fourth-order valence-electron chi connectivity index (χ4n) is 1.76. The molecular formula is C15H15NO2. The summed E-state index contributed by atoms with van der Waals surface area (Å²) in [6.45, 7) is 4.23. The zero-order valence-electron chi connectivity index (χ0n) is 10.5. The van der Waals surface area contributed by atoms with E-state index < -0.39 is 0 Å². The Bertz CT molecular complexity index is 602. The molecule has 0 amide bonds. The number of hydrogen-bond acceptors (Lipinski definition) is 3. The van der Waals surface area contributed by atoms with Gasteiger partial charge in [0.25, 0.3) is 0 Å². The van der Waals surface area contributed by atoms with Crippen LogP contribution in [-0.4, -0.2) is 17.6 Å². The first-order chi connectivity index (χ1) is 8.70. The standard InChI is InChI=1S/C15H15NO2/c1-3-18-15(17)7-5-12-4-6-14-13(10-12)11(2)8-9-16-14/h4-10H,3H2,1-2H3/b7-5+. The molecule has 1 heterocycles. The number of carbonyl (C=O) groups excluding carboxylic acids is 1. The van der Waals surface area contributed by atoms with E-state index in [-0.39, 0.29) is 5.97 Å². The maximum absolute atomic E-state index is 11.2. The third-order valence-electron chi connectivity index (χ3n) is 2.68. The maximum atomic E-state index is 11.2. The van der Waals surface area contributed by atoms with Gasteiger partial charge in [-0.25, -0.2) is 4.79 Å². The fourth-order valence-corrected chi connectivity index (χ4v) is 1.76. The Morgan fingerprint density at radius 3 is 3.00 bits per heavy atom. The van der Waals surface area contributed by atoms with E-state index in [0.29, 0.717) is 6.61 Å². The van der Waals surface area contributed by atoms with Crippen LogP contribution >= 0.6 is 0 Å². The SMILES string of the molecule is CCOC(=O)/C=C/c1ccc2nccc(C)c2c1. The Hall–Kier alpha value is -2.16. The maximum Gasteiger partial charge on any atom is 0.330 e. The average Bonchev–Trinajstić information content (AvgIpc) is 2.37. The van der Waals surface area contributed by atoms with Gasteiger partial charge in [0.15, 0.2) is 0 Å². The first kappa shape index (κ1) is 12.3. The summed E-state index contributed by atoms with van der Waals surface area (Å²) in [5, 5.41) is 1.10. The van der Waals surface area contributed by atoms with Crippen LogP contribution in [0.4, 0.5) is 0 Å². The summed E-state index contributed by atoms with van der Waals surface area (Å²) in [4.78, 5) is 15.5. The molecule has 0 saturated heterocycles. The minimum atomic E-state index is -0.319. The van der Waals surface area contributed by atoms with E-state index in [1.54, 1.807) is 19.2 Å². The number of aryl methyl sites for hydroxylation is 1. The second-order valence-electron chi connectivity index (χ2n) is 3.99. The zero-order valence-corrected chi connectivity index (χ0v) is 10.5. The molecule has 0 spiro atoms. The topological polar surface area (TPSA) is 39.2 Å². The highest BCUT2D eigenvalue weighted by atomic mass is 16.5. The molecule has 1 aromatic carbocycles. The second kappa shape index (κ2) is 5.45. The zero-order chi connectivity index (χ0) is 13.0. The predicted molar refractivity (Wildman–Crippen MR) is 72.1 cm³/mol. The van der Waals surface area contributed by atoms with Gasteiger partial charge in [-0.2, -0.15) is 0 Å². The summed E-state index contributed by atoms with van der Waals surface area (Å²) in [6.07, 6.45) is 4.99. The van der Waals surface area contributed by atoms with Crippen molar-refractivity contribution in [3.8, 4) is 0 Å². The molecule has 2 aromatic rings. The van der Waals surface area contributed by atoms with E-state index in [1.165, 1.54) is 11.6 Å². The van der Waals surface area contributed by atoms with Crippen molar-refractivity contribution in [2.75, 3.05) is 6.61 Å². The largest absolute Gasteiger partial charge is 0.463 e. The molecular weight excluding hydrogens is 226 g/mol. The second-order valence-corrected chi connectivity index (χ2v) is 3.99. The molecule has 0 saturated carbocycles. The van der Waals surface area contributed by atoms with Gasteiger partial charge in [-0.3, -0.25) is 4.98 Å². The van der Waals surface area contributed by atoms with Crippen molar-refractivity contribution in [1.82, 2.24) is 4.98 Å². The highest BCUT2D eigenvalue weighted by Gasteiger charge is 1.99. The van der Waals surface area contributed by atoms with Crippen LogP contribution in [0, 0.1) is 6.92 Å². The Labute approximate surface area is 106 Å². The lowest BCUT2D eigenvalue weighted by molar-refractivity contribution is -0.137. The number of aromatic nitrogens is 1. The Morgan fingerprint density at radius 1 is 1.39 bits per heavy atom. The molecule has 0 unspecified atom stereocenters. The van der Waals surface area contributed by atoms with Crippen molar-refractivity contribution in [2.45, 2.75) is 13.8 Å². The molecule has 92 valence electrons. The van der Waals surface area contributed by atoms with Gasteiger partial charge in [0.2, 0.25) is 0 Å². The van der Waals surface area contributed by atoms with Crippen LogP contribution < -0.4 is 0 Å². The van der Waals surface area contributed by atoms with Gasteiger partial charge < -0.3 is 4.74 Å². The van der Waals surface area contributed by atoms with Gasteiger partial charge in [-0.15, -0.1) is 0 Å². The summed E-state index contributed by atoms with van der Waals surface area (Å²) >= 11 is 0. The fraction of sp³-hybridized carbons (Fsp3) is 0.200. The lowest BCUT2D eigenvalue weighted by Crippen LogP contribution is -1.98. The van der Waals surface area contributed by atoms with Gasteiger partial charge >= 0.3 is 5.97 Å². The quantitative estimate of drug-likeness (QED) is 0.612. The van der Waals surface area contributed by atoms with Gasteiger partial charge in [0, 0.05) is 17.7 Å². The highest BCUT2D eigenvalue weighted by molar-refractivity contribution is 5.89. The number of rotatable bonds is 3. The third-order valence-corrected chi connectivity index (χ3v) is 2.68. The van der Waals surface area contributed by atoms with Crippen LogP contribution in [0.5, 0.6) is 0 Å². The molecule has 3 heteroatoms. The Morgan fingerprint density at radius 2 is 2.22 bits per heavy atom. The molecule has 0 aliphatic rings. The van der Waals surface area contributed by atoms with E-state index in [2.05, 4.69) is 4.98 Å². The summed E-state index contributed by atoms with van der Waals surface area (Å²) in [6, 6.07) is 7.88. The molecule has 3 nitrogen and oxygen atoms in total. The number of hydrogen-bond donors (Lipinski definition) is 0. The van der Waals surface area contributed by atoms with Gasteiger partial charge in [-0.1, -0.05) is 6.07 Å². The summed E-state index contributed by atoms with van der Waals surface area (Å²) in [7, 11) is 0. The van der Waals surface area contributed by atoms with Gasteiger partial charge in [0.1, 0.15) is 0 Å². The van der Waals surface area contributed by atoms with E-state index in [0.717, 1.165) is 16.5 Å². The number of pyridine rings is 1. The molecule has 0 aliphatic carbocycles. The van der Waals surface area contributed by atoms with Crippen molar-refractivity contribution in [2.24, 2.45) is 0 Å². The Balaban J connectivity index is 2.30. The summed E-state index contributed by atoms with van der Waals surface area (Å²) in [5.74, 6) is -0.319. The predicted octanol–water partition coefficient (Wildman–Crippen LogP) is 3.12. The van der Waals surface area contributed by atoms with Crippen LogP contribution in [0.1, 0.15) is 18.1 Å². The van der Waals surface area contributed by atoms with Crippen molar-refractivity contribution in [3.05, 3.63) is 47.7 Å². The monoisotopic (exact) mass is 241 g/mol. The molecule has 1 aromatic heterocycles.